The van der Waals surface area contributed by atoms with Gasteiger partial charge >= 0.3 is 18.2 Å². The molecule has 0 aromatic heterocycles. The van der Waals surface area contributed by atoms with Crippen LogP contribution >= 0.6 is 11.6 Å². The molecule has 2 rings (SSSR count). The van der Waals surface area contributed by atoms with E-state index in [1.165, 1.54) is 7.11 Å². The van der Waals surface area contributed by atoms with E-state index < -0.39 is 12.2 Å². The van der Waals surface area contributed by atoms with E-state index in [0.717, 1.165) is 37.9 Å². The third-order valence-corrected chi connectivity index (χ3v) is 6.68. The van der Waals surface area contributed by atoms with Crippen molar-refractivity contribution in [3.8, 4) is 0 Å². The predicted octanol–water partition coefficient (Wildman–Crippen LogP) is 4.24. The second kappa shape index (κ2) is 18.5. The Morgan fingerprint density at radius 3 is 2.72 bits per heavy atom. The number of rotatable bonds is 16. The number of benzene rings is 1. The van der Waals surface area contributed by atoms with Crippen LogP contribution in [-0.2, 0) is 18.9 Å². The molecule has 1 fully saturated rings. The number of halogens is 1. The zero-order valence-electron chi connectivity index (χ0n) is 23.0. The standard InChI is InChI=1S/C27H43ClN4O7/c1-3-12-32(26(34)31-23(10-15-39-25(29)33)17-20-6-5-14-37-19-20)13-9-24(21-7-4-8-22(28)18-21)38-16-11-30-27(35)36-2/h4,7-8,18,20,23-24H,3,5-6,9-17,19H2,1-2H3,(H2,29,33)(H,30,35)(H,31,34)/t20-,23+,24-/m0/s1. The lowest BCUT2D eigenvalue weighted by atomic mass is 9.93. The predicted molar refractivity (Wildman–Crippen MR) is 148 cm³/mol. The molecule has 0 bridgehead atoms. The van der Waals surface area contributed by atoms with E-state index in [9.17, 15) is 14.4 Å². The van der Waals surface area contributed by atoms with Gasteiger partial charge in [-0.25, -0.2) is 14.4 Å². The minimum absolute atomic E-state index is 0.131. The van der Waals surface area contributed by atoms with Crippen LogP contribution in [0.25, 0.3) is 0 Å². The molecule has 3 atom stereocenters. The number of nitrogens with one attached hydrogen (secondary N) is 2. The molecule has 1 heterocycles. The molecular formula is C27H43ClN4O7. The Kier molecular flexibility index (Phi) is 15.4. The molecule has 0 radical (unpaired) electrons. The van der Waals surface area contributed by atoms with Gasteiger partial charge in [0.15, 0.2) is 0 Å². The average molecular weight is 571 g/mol. The summed E-state index contributed by atoms with van der Waals surface area (Å²) in [6, 6.07) is 7.03. The molecule has 4 amide bonds. The maximum atomic E-state index is 13.4. The Balaban J connectivity index is 2.03. The van der Waals surface area contributed by atoms with Gasteiger partial charge in [0, 0.05) is 50.3 Å². The normalized spacial score (nSPS) is 16.5. The Bertz CT molecular complexity index is 885. The number of nitrogens with zero attached hydrogens (tertiary/aromatic N) is 1. The zero-order chi connectivity index (χ0) is 28.5. The van der Waals surface area contributed by atoms with Crippen LogP contribution in [-0.4, -0.2) is 82.3 Å². The van der Waals surface area contributed by atoms with Crippen LogP contribution in [0.5, 0.6) is 0 Å². The lowest BCUT2D eigenvalue weighted by Gasteiger charge is -2.30. The second-order valence-corrected chi connectivity index (χ2v) is 9.97. The van der Waals surface area contributed by atoms with E-state index in [0.29, 0.717) is 43.5 Å². The van der Waals surface area contributed by atoms with Gasteiger partial charge in [-0.15, -0.1) is 0 Å². The highest BCUT2D eigenvalue weighted by atomic mass is 35.5. The summed E-state index contributed by atoms with van der Waals surface area (Å²) < 4.78 is 21.2. The monoisotopic (exact) mass is 570 g/mol. The Morgan fingerprint density at radius 1 is 1.23 bits per heavy atom. The summed E-state index contributed by atoms with van der Waals surface area (Å²) in [5.74, 6) is 0.330. The van der Waals surface area contributed by atoms with Crippen molar-refractivity contribution in [3.05, 3.63) is 34.9 Å². The lowest BCUT2D eigenvalue weighted by Crippen LogP contribution is -2.47. The molecule has 1 aromatic carbocycles. The van der Waals surface area contributed by atoms with Crippen molar-refractivity contribution in [1.29, 1.82) is 0 Å². The van der Waals surface area contributed by atoms with Gasteiger partial charge in [-0.05, 0) is 55.7 Å². The van der Waals surface area contributed by atoms with E-state index in [2.05, 4.69) is 15.4 Å². The second-order valence-electron chi connectivity index (χ2n) is 9.53. The van der Waals surface area contributed by atoms with Gasteiger partial charge in [0.2, 0.25) is 0 Å². The van der Waals surface area contributed by atoms with Crippen LogP contribution in [0.1, 0.15) is 57.1 Å². The number of alkyl carbamates (subject to hydrolysis) is 1. The van der Waals surface area contributed by atoms with Gasteiger partial charge in [-0.2, -0.15) is 0 Å². The summed E-state index contributed by atoms with van der Waals surface area (Å²) in [6.45, 7) is 5.11. The first-order valence-corrected chi connectivity index (χ1v) is 13.9. The molecule has 1 aromatic rings. The van der Waals surface area contributed by atoms with Crippen molar-refractivity contribution >= 4 is 29.8 Å². The molecule has 11 nitrogen and oxygen atoms in total. The van der Waals surface area contributed by atoms with E-state index in [1.807, 2.05) is 25.1 Å². The SMILES string of the molecule is CCCN(CC[C@H](OCCNC(=O)OC)c1cccc(Cl)c1)C(=O)N[C@H](CCOC(N)=O)C[C@@H]1CCCOC1. The van der Waals surface area contributed by atoms with Crippen molar-refractivity contribution < 1.29 is 33.3 Å². The highest BCUT2D eigenvalue weighted by Crippen LogP contribution is 2.25. The lowest BCUT2D eigenvalue weighted by molar-refractivity contribution is 0.0414. The number of methoxy groups -OCH3 is 1. The highest BCUT2D eigenvalue weighted by molar-refractivity contribution is 6.30. The number of hydrogen-bond acceptors (Lipinski definition) is 7. The Hall–Kier alpha value is -2.76. The molecule has 4 N–H and O–H groups in total. The van der Waals surface area contributed by atoms with Gasteiger partial charge < -0.3 is 40.2 Å². The molecule has 1 saturated heterocycles. The molecule has 1 aliphatic heterocycles. The van der Waals surface area contributed by atoms with Gasteiger partial charge in [-0.3, -0.25) is 0 Å². The fraction of sp³-hybridized carbons (Fsp3) is 0.667. The summed E-state index contributed by atoms with van der Waals surface area (Å²) in [4.78, 5) is 37.6. The Labute approximate surface area is 236 Å². The van der Waals surface area contributed by atoms with Crippen LogP contribution in [0, 0.1) is 5.92 Å². The molecule has 220 valence electrons. The van der Waals surface area contributed by atoms with Gasteiger partial charge in [0.25, 0.3) is 0 Å². The summed E-state index contributed by atoms with van der Waals surface area (Å²) in [7, 11) is 1.30. The number of nitrogens with two attached hydrogens (primary N) is 1. The van der Waals surface area contributed by atoms with Crippen LogP contribution < -0.4 is 16.4 Å². The van der Waals surface area contributed by atoms with Crippen molar-refractivity contribution in [2.24, 2.45) is 11.7 Å². The molecule has 0 saturated carbocycles. The van der Waals surface area contributed by atoms with E-state index in [1.54, 1.807) is 11.0 Å². The number of primary amides is 1. The Morgan fingerprint density at radius 2 is 2.05 bits per heavy atom. The van der Waals surface area contributed by atoms with Crippen molar-refractivity contribution in [2.45, 2.75) is 57.6 Å². The third-order valence-electron chi connectivity index (χ3n) is 6.45. The fourth-order valence-electron chi connectivity index (χ4n) is 4.55. The van der Waals surface area contributed by atoms with Crippen molar-refractivity contribution in [3.63, 3.8) is 0 Å². The largest absolute Gasteiger partial charge is 0.453 e. The van der Waals surface area contributed by atoms with E-state index in [-0.39, 0.29) is 37.9 Å². The number of ether oxygens (including phenoxy) is 4. The first kappa shape index (κ1) is 32.5. The molecule has 0 spiro atoms. The minimum Gasteiger partial charge on any atom is -0.453 e. The number of hydrogen-bond donors (Lipinski definition) is 3. The maximum Gasteiger partial charge on any atom is 0.406 e. The molecule has 0 aliphatic carbocycles. The molecule has 1 aliphatic rings. The summed E-state index contributed by atoms with van der Waals surface area (Å²) >= 11 is 6.22. The van der Waals surface area contributed by atoms with Crippen LogP contribution in [0.3, 0.4) is 0 Å². The fourth-order valence-corrected chi connectivity index (χ4v) is 4.75. The number of urea groups is 1. The van der Waals surface area contributed by atoms with E-state index in [4.69, 9.17) is 31.5 Å². The quantitative estimate of drug-likeness (QED) is 0.252. The third kappa shape index (κ3) is 13.2. The van der Waals surface area contributed by atoms with Crippen LogP contribution in [0.2, 0.25) is 5.02 Å². The zero-order valence-corrected chi connectivity index (χ0v) is 23.8. The first-order chi connectivity index (χ1) is 18.8. The van der Waals surface area contributed by atoms with Crippen LogP contribution in [0.15, 0.2) is 24.3 Å². The van der Waals surface area contributed by atoms with Gasteiger partial charge in [0.05, 0.1) is 26.4 Å². The first-order valence-electron chi connectivity index (χ1n) is 13.6. The maximum absolute atomic E-state index is 13.4. The molecule has 12 heteroatoms. The molecule has 39 heavy (non-hydrogen) atoms. The molecule has 0 unspecified atom stereocenters. The smallest absolute Gasteiger partial charge is 0.406 e. The summed E-state index contributed by atoms with van der Waals surface area (Å²) in [5, 5.41) is 6.33. The number of carbonyl (C=O) groups is 3. The topological polar surface area (TPSA) is 141 Å². The highest BCUT2D eigenvalue weighted by Gasteiger charge is 2.24. The van der Waals surface area contributed by atoms with Crippen LogP contribution in [0.4, 0.5) is 14.4 Å². The van der Waals surface area contributed by atoms with Crippen molar-refractivity contribution in [2.75, 3.05) is 53.2 Å². The number of amides is 4. The molecular weight excluding hydrogens is 528 g/mol. The van der Waals surface area contributed by atoms with Gasteiger partial charge in [-0.1, -0.05) is 30.7 Å². The number of carbonyl (C=O) groups excluding carboxylic acids is 3. The average Bonchev–Trinajstić information content (AvgIpc) is 2.92. The van der Waals surface area contributed by atoms with E-state index >= 15 is 0 Å². The van der Waals surface area contributed by atoms with Crippen molar-refractivity contribution in [1.82, 2.24) is 15.5 Å². The minimum atomic E-state index is -0.831. The summed E-state index contributed by atoms with van der Waals surface area (Å²) in [5.41, 5.74) is 6.00. The van der Waals surface area contributed by atoms with Gasteiger partial charge in [0.1, 0.15) is 0 Å². The summed E-state index contributed by atoms with van der Waals surface area (Å²) in [6.07, 6.45) is 2.83.